The van der Waals surface area contributed by atoms with Crippen molar-refractivity contribution in [3.8, 4) is 0 Å². The van der Waals surface area contributed by atoms with Crippen molar-refractivity contribution in [1.29, 1.82) is 0 Å². The fourth-order valence-electron chi connectivity index (χ4n) is 4.10. The largest absolute Gasteiger partial charge is 0.316 e. The van der Waals surface area contributed by atoms with Gasteiger partial charge in [0, 0.05) is 19.6 Å². The van der Waals surface area contributed by atoms with E-state index >= 15 is 0 Å². The SMILES string of the molecule is C1CNCC(CN2C[C@H]3CCCC[C@H]3C2)C1.Cl. The molecule has 0 bridgehead atoms. The third-order valence-corrected chi connectivity index (χ3v) is 4.97. The van der Waals surface area contributed by atoms with Crippen LogP contribution in [-0.2, 0) is 0 Å². The van der Waals surface area contributed by atoms with Crippen LogP contribution in [0.15, 0.2) is 0 Å². The molecule has 2 nitrogen and oxygen atoms in total. The molecular formula is C14H27ClN2. The molecule has 3 fully saturated rings. The summed E-state index contributed by atoms with van der Waals surface area (Å²) in [7, 11) is 0. The summed E-state index contributed by atoms with van der Waals surface area (Å²) in [6.07, 6.45) is 8.89. The fraction of sp³-hybridized carbons (Fsp3) is 1.00. The summed E-state index contributed by atoms with van der Waals surface area (Å²) < 4.78 is 0. The Hall–Kier alpha value is 0.210. The molecule has 17 heavy (non-hydrogen) atoms. The summed E-state index contributed by atoms with van der Waals surface area (Å²) in [6, 6.07) is 0. The Labute approximate surface area is 112 Å². The maximum Gasteiger partial charge on any atom is 0.00220 e. The highest BCUT2D eigenvalue weighted by molar-refractivity contribution is 5.85. The third-order valence-electron chi connectivity index (χ3n) is 4.97. The minimum atomic E-state index is 0. The lowest BCUT2D eigenvalue weighted by molar-refractivity contribution is 0.235. The second kappa shape index (κ2) is 6.40. The van der Waals surface area contributed by atoms with Gasteiger partial charge in [0.2, 0.25) is 0 Å². The van der Waals surface area contributed by atoms with E-state index in [2.05, 4.69) is 10.2 Å². The smallest absolute Gasteiger partial charge is 0.00220 e. The van der Waals surface area contributed by atoms with E-state index in [-0.39, 0.29) is 12.4 Å². The first-order valence-corrected chi connectivity index (χ1v) is 7.35. The van der Waals surface area contributed by atoms with Gasteiger partial charge >= 0.3 is 0 Å². The van der Waals surface area contributed by atoms with Gasteiger partial charge in [0.1, 0.15) is 0 Å². The Kier molecular flexibility index (Phi) is 5.13. The molecule has 2 aliphatic heterocycles. The van der Waals surface area contributed by atoms with Crippen LogP contribution in [0.25, 0.3) is 0 Å². The Morgan fingerprint density at radius 2 is 1.65 bits per heavy atom. The van der Waals surface area contributed by atoms with Crippen molar-refractivity contribution < 1.29 is 0 Å². The van der Waals surface area contributed by atoms with E-state index in [4.69, 9.17) is 0 Å². The Morgan fingerprint density at radius 1 is 0.941 bits per heavy atom. The first-order valence-electron chi connectivity index (χ1n) is 7.35. The number of hydrogen-bond donors (Lipinski definition) is 1. The molecule has 3 rings (SSSR count). The molecular weight excluding hydrogens is 232 g/mol. The molecule has 0 aromatic carbocycles. The van der Waals surface area contributed by atoms with Crippen molar-refractivity contribution in [1.82, 2.24) is 10.2 Å². The van der Waals surface area contributed by atoms with Crippen molar-refractivity contribution in [2.75, 3.05) is 32.7 Å². The van der Waals surface area contributed by atoms with Crippen LogP contribution in [0.5, 0.6) is 0 Å². The second-order valence-corrected chi connectivity index (χ2v) is 6.24. The number of hydrogen-bond acceptors (Lipinski definition) is 2. The molecule has 0 amide bonds. The number of nitrogens with zero attached hydrogens (tertiary/aromatic N) is 1. The highest BCUT2D eigenvalue weighted by atomic mass is 35.5. The van der Waals surface area contributed by atoms with E-state index in [9.17, 15) is 0 Å². The normalized spacial score (nSPS) is 38.5. The van der Waals surface area contributed by atoms with Crippen LogP contribution in [-0.4, -0.2) is 37.6 Å². The molecule has 2 saturated heterocycles. The topological polar surface area (TPSA) is 15.3 Å². The summed E-state index contributed by atoms with van der Waals surface area (Å²) >= 11 is 0. The number of piperidine rings is 1. The molecule has 1 saturated carbocycles. The van der Waals surface area contributed by atoms with Crippen molar-refractivity contribution in [2.24, 2.45) is 17.8 Å². The average molecular weight is 259 g/mol. The summed E-state index contributed by atoms with van der Waals surface area (Å²) in [6.45, 7) is 6.73. The third kappa shape index (κ3) is 3.36. The van der Waals surface area contributed by atoms with Crippen LogP contribution in [0.2, 0.25) is 0 Å². The zero-order valence-electron chi connectivity index (χ0n) is 10.9. The summed E-state index contributed by atoms with van der Waals surface area (Å²) in [5.41, 5.74) is 0. The molecule has 1 N–H and O–H groups in total. The molecule has 0 radical (unpaired) electrons. The second-order valence-electron chi connectivity index (χ2n) is 6.24. The molecule has 3 aliphatic rings. The lowest BCUT2D eigenvalue weighted by atomic mass is 9.82. The molecule has 3 atom stereocenters. The summed E-state index contributed by atoms with van der Waals surface area (Å²) in [4.78, 5) is 2.78. The molecule has 0 aromatic rings. The molecule has 3 heteroatoms. The maximum absolute atomic E-state index is 3.54. The van der Waals surface area contributed by atoms with Gasteiger partial charge in [-0.3, -0.25) is 0 Å². The summed E-state index contributed by atoms with van der Waals surface area (Å²) in [5, 5.41) is 3.54. The minimum Gasteiger partial charge on any atom is -0.316 e. The fourth-order valence-corrected chi connectivity index (χ4v) is 4.10. The molecule has 1 aliphatic carbocycles. The van der Waals surface area contributed by atoms with Gasteiger partial charge in [-0.15, -0.1) is 12.4 Å². The Balaban J connectivity index is 0.00000108. The van der Waals surface area contributed by atoms with Crippen LogP contribution in [0, 0.1) is 17.8 Å². The first kappa shape index (κ1) is 13.6. The maximum atomic E-state index is 3.54. The van der Waals surface area contributed by atoms with Gasteiger partial charge < -0.3 is 10.2 Å². The van der Waals surface area contributed by atoms with Crippen molar-refractivity contribution >= 4 is 12.4 Å². The van der Waals surface area contributed by atoms with Crippen LogP contribution < -0.4 is 5.32 Å². The molecule has 0 aromatic heterocycles. The van der Waals surface area contributed by atoms with E-state index in [1.807, 2.05) is 0 Å². The van der Waals surface area contributed by atoms with Crippen molar-refractivity contribution in [3.05, 3.63) is 0 Å². The monoisotopic (exact) mass is 258 g/mol. The van der Waals surface area contributed by atoms with Crippen molar-refractivity contribution in [3.63, 3.8) is 0 Å². The van der Waals surface area contributed by atoms with Gasteiger partial charge in [-0.1, -0.05) is 12.8 Å². The van der Waals surface area contributed by atoms with E-state index < -0.39 is 0 Å². The summed E-state index contributed by atoms with van der Waals surface area (Å²) in [5.74, 6) is 3.06. The van der Waals surface area contributed by atoms with Gasteiger partial charge in [-0.25, -0.2) is 0 Å². The highest BCUT2D eigenvalue weighted by Crippen LogP contribution is 2.36. The molecule has 2 heterocycles. The number of halogens is 1. The average Bonchev–Trinajstić information content (AvgIpc) is 2.72. The van der Waals surface area contributed by atoms with E-state index in [1.54, 1.807) is 0 Å². The van der Waals surface area contributed by atoms with Crippen LogP contribution in [0.3, 0.4) is 0 Å². The number of nitrogens with one attached hydrogen (secondary N) is 1. The standard InChI is InChI=1S/C14H26N2.ClH/c1-2-6-14-11-16(10-13(14)5-1)9-12-4-3-7-15-8-12;/h12-15H,1-11H2;1H/t12?,13-,14+;. The van der Waals surface area contributed by atoms with Gasteiger partial charge in [-0.05, 0) is 56.5 Å². The predicted octanol–water partition coefficient (Wildman–Crippen LogP) is 2.53. The lowest BCUT2D eigenvalue weighted by Gasteiger charge is -2.27. The Bertz CT molecular complexity index is 214. The quantitative estimate of drug-likeness (QED) is 0.819. The van der Waals surface area contributed by atoms with Crippen LogP contribution >= 0.6 is 12.4 Å². The van der Waals surface area contributed by atoms with E-state index in [1.165, 1.54) is 71.2 Å². The zero-order chi connectivity index (χ0) is 10.8. The van der Waals surface area contributed by atoms with E-state index in [0.717, 1.165) is 17.8 Å². The Morgan fingerprint density at radius 3 is 2.24 bits per heavy atom. The van der Waals surface area contributed by atoms with Crippen molar-refractivity contribution in [2.45, 2.75) is 38.5 Å². The van der Waals surface area contributed by atoms with Gasteiger partial charge in [-0.2, -0.15) is 0 Å². The van der Waals surface area contributed by atoms with E-state index in [0.29, 0.717) is 0 Å². The zero-order valence-corrected chi connectivity index (χ0v) is 11.7. The molecule has 0 spiro atoms. The number of fused-ring (bicyclic) bond motifs is 1. The lowest BCUT2D eigenvalue weighted by Crippen LogP contribution is -2.37. The highest BCUT2D eigenvalue weighted by Gasteiger charge is 2.34. The van der Waals surface area contributed by atoms with Gasteiger partial charge in [0.15, 0.2) is 0 Å². The number of rotatable bonds is 2. The number of likely N-dealkylation sites (tertiary alicyclic amines) is 1. The van der Waals surface area contributed by atoms with Gasteiger partial charge in [0.05, 0.1) is 0 Å². The predicted molar refractivity (Wildman–Crippen MR) is 74.7 cm³/mol. The van der Waals surface area contributed by atoms with Crippen LogP contribution in [0.4, 0.5) is 0 Å². The molecule has 1 unspecified atom stereocenters. The van der Waals surface area contributed by atoms with Gasteiger partial charge in [0.25, 0.3) is 0 Å². The molecule has 100 valence electrons. The minimum absolute atomic E-state index is 0. The van der Waals surface area contributed by atoms with Crippen LogP contribution in [0.1, 0.15) is 38.5 Å². The first-order chi connectivity index (χ1) is 7.92.